The summed E-state index contributed by atoms with van der Waals surface area (Å²) >= 11 is 0. The van der Waals surface area contributed by atoms with E-state index in [4.69, 9.17) is 0 Å². The van der Waals surface area contributed by atoms with E-state index in [0.717, 1.165) is 25.7 Å². The number of hydrogen-bond acceptors (Lipinski definition) is 5. The number of carbonyl (C=O) groups excluding carboxylic acids is 1. The first-order chi connectivity index (χ1) is 14.4. The molecule has 156 valence electrons. The lowest BCUT2D eigenvalue weighted by Crippen LogP contribution is -2.35. The molecule has 1 N–H and O–H groups in total. The number of hydrogen-bond donors (Lipinski definition) is 1. The second-order valence-corrected chi connectivity index (χ2v) is 9.56. The van der Waals surface area contributed by atoms with Gasteiger partial charge in [-0.1, -0.05) is 31.0 Å². The number of sulfone groups is 1. The summed E-state index contributed by atoms with van der Waals surface area (Å²) < 4.78 is 27.8. The molecule has 2 heterocycles. The minimum atomic E-state index is -4.04. The van der Waals surface area contributed by atoms with Gasteiger partial charge in [0.2, 0.25) is 21.2 Å². The Kier molecular flexibility index (Phi) is 5.42. The van der Waals surface area contributed by atoms with Crippen LogP contribution in [0.25, 0.3) is 11.0 Å². The van der Waals surface area contributed by atoms with Gasteiger partial charge in [-0.2, -0.15) is 0 Å². The number of fused-ring (bicyclic) bond motifs is 1. The van der Waals surface area contributed by atoms with Gasteiger partial charge in [-0.3, -0.25) is 9.59 Å². The van der Waals surface area contributed by atoms with E-state index >= 15 is 0 Å². The molecule has 3 aromatic rings. The van der Waals surface area contributed by atoms with Crippen LogP contribution in [0.3, 0.4) is 0 Å². The van der Waals surface area contributed by atoms with E-state index in [9.17, 15) is 18.0 Å². The quantitative estimate of drug-likeness (QED) is 0.678. The average molecular weight is 426 g/mol. The third kappa shape index (κ3) is 3.87. The SMILES string of the molecule is Cc1ccc2c(=O)c(S(=O)(=O)c3ccccc3)cn(CC(=O)NC3CCCC3)c2n1. The van der Waals surface area contributed by atoms with Crippen LogP contribution in [0.5, 0.6) is 0 Å². The van der Waals surface area contributed by atoms with Gasteiger partial charge >= 0.3 is 0 Å². The van der Waals surface area contributed by atoms with Crippen molar-refractivity contribution in [1.29, 1.82) is 0 Å². The van der Waals surface area contributed by atoms with Crippen LogP contribution in [0, 0.1) is 6.92 Å². The first-order valence-corrected chi connectivity index (χ1v) is 11.4. The summed E-state index contributed by atoms with van der Waals surface area (Å²) in [5.41, 5.74) is 0.355. The highest BCUT2D eigenvalue weighted by molar-refractivity contribution is 7.91. The molecule has 0 aliphatic heterocycles. The van der Waals surface area contributed by atoms with Crippen LogP contribution in [0.15, 0.2) is 63.2 Å². The Bertz CT molecular complexity index is 1260. The Hall–Kier alpha value is -3.00. The predicted octanol–water partition coefficient (Wildman–Crippen LogP) is 2.60. The molecular weight excluding hydrogens is 402 g/mol. The Morgan fingerprint density at radius 1 is 1.13 bits per heavy atom. The van der Waals surface area contributed by atoms with Crippen LogP contribution in [0.2, 0.25) is 0 Å². The molecule has 1 saturated carbocycles. The smallest absolute Gasteiger partial charge is 0.240 e. The topological polar surface area (TPSA) is 98.1 Å². The molecule has 1 amide bonds. The number of nitrogens with zero attached hydrogens (tertiary/aromatic N) is 2. The number of nitrogens with one attached hydrogen (secondary N) is 1. The fourth-order valence-electron chi connectivity index (χ4n) is 3.87. The van der Waals surface area contributed by atoms with Crippen molar-refractivity contribution in [2.24, 2.45) is 0 Å². The second kappa shape index (κ2) is 8.02. The zero-order chi connectivity index (χ0) is 21.3. The van der Waals surface area contributed by atoms with Crippen molar-refractivity contribution in [3.05, 3.63) is 64.6 Å². The predicted molar refractivity (Wildman–Crippen MR) is 113 cm³/mol. The van der Waals surface area contributed by atoms with Crippen LogP contribution >= 0.6 is 0 Å². The van der Waals surface area contributed by atoms with Gasteiger partial charge in [0.15, 0.2) is 0 Å². The van der Waals surface area contributed by atoms with E-state index in [1.807, 2.05) is 0 Å². The normalized spacial score (nSPS) is 14.8. The van der Waals surface area contributed by atoms with Gasteiger partial charge in [0.1, 0.15) is 17.1 Å². The molecule has 30 heavy (non-hydrogen) atoms. The molecule has 1 aliphatic carbocycles. The fourth-order valence-corrected chi connectivity index (χ4v) is 5.26. The number of rotatable bonds is 5. The van der Waals surface area contributed by atoms with Crippen molar-refractivity contribution in [3.63, 3.8) is 0 Å². The van der Waals surface area contributed by atoms with Gasteiger partial charge in [0.25, 0.3) is 0 Å². The number of amides is 1. The third-order valence-corrected chi connectivity index (χ3v) is 7.17. The Labute approximate surface area is 174 Å². The molecule has 0 bridgehead atoms. The summed E-state index contributed by atoms with van der Waals surface area (Å²) in [5, 5.41) is 3.17. The first kappa shape index (κ1) is 20.3. The van der Waals surface area contributed by atoms with Crippen molar-refractivity contribution in [3.8, 4) is 0 Å². The summed E-state index contributed by atoms with van der Waals surface area (Å²) in [6, 6.07) is 11.2. The van der Waals surface area contributed by atoms with Crippen molar-refractivity contribution in [2.45, 2.75) is 55.0 Å². The van der Waals surface area contributed by atoms with Crippen LogP contribution in [0.1, 0.15) is 31.4 Å². The number of aryl methyl sites for hydroxylation is 1. The van der Waals surface area contributed by atoms with E-state index < -0.39 is 15.3 Å². The van der Waals surface area contributed by atoms with Crippen LogP contribution in [0.4, 0.5) is 0 Å². The third-order valence-electron chi connectivity index (χ3n) is 5.41. The van der Waals surface area contributed by atoms with Gasteiger partial charge in [0.05, 0.1) is 10.3 Å². The molecule has 2 aromatic heterocycles. The standard InChI is InChI=1S/C22H23N3O4S/c1-15-11-12-18-21(27)19(30(28,29)17-9-3-2-4-10-17)13-25(22(18)23-15)14-20(26)24-16-7-5-6-8-16/h2-4,9-13,16H,5-8,14H2,1H3,(H,24,26). The van der Waals surface area contributed by atoms with E-state index in [2.05, 4.69) is 10.3 Å². The monoisotopic (exact) mass is 425 g/mol. The summed E-state index contributed by atoms with van der Waals surface area (Å²) in [4.78, 5) is 29.7. The largest absolute Gasteiger partial charge is 0.352 e. The summed E-state index contributed by atoms with van der Waals surface area (Å²) in [7, 11) is -4.04. The molecule has 0 saturated heterocycles. The van der Waals surface area contributed by atoms with Gasteiger partial charge in [-0.15, -0.1) is 0 Å². The maximum Gasteiger partial charge on any atom is 0.240 e. The molecule has 0 atom stereocenters. The molecule has 0 unspecified atom stereocenters. The van der Waals surface area contributed by atoms with Gasteiger partial charge in [-0.05, 0) is 44.0 Å². The molecule has 4 rings (SSSR count). The Morgan fingerprint density at radius 2 is 1.83 bits per heavy atom. The Morgan fingerprint density at radius 3 is 2.53 bits per heavy atom. The minimum absolute atomic E-state index is 0.0310. The lowest BCUT2D eigenvalue weighted by Gasteiger charge is -2.16. The molecule has 8 heteroatoms. The van der Waals surface area contributed by atoms with Crippen LogP contribution in [-0.2, 0) is 21.2 Å². The van der Waals surface area contributed by atoms with E-state index in [1.54, 1.807) is 37.3 Å². The summed E-state index contributed by atoms with van der Waals surface area (Å²) in [6.45, 7) is 1.67. The molecule has 0 spiro atoms. The van der Waals surface area contributed by atoms with Crippen molar-refractivity contribution < 1.29 is 13.2 Å². The van der Waals surface area contributed by atoms with E-state index in [0.29, 0.717) is 11.3 Å². The summed E-state index contributed by atoms with van der Waals surface area (Å²) in [5.74, 6) is -0.224. The molecule has 7 nitrogen and oxygen atoms in total. The van der Waals surface area contributed by atoms with Crippen molar-refractivity contribution in [2.75, 3.05) is 0 Å². The lowest BCUT2D eigenvalue weighted by atomic mass is 10.2. The van der Waals surface area contributed by atoms with Crippen LogP contribution in [-0.4, -0.2) is 29.9 Å². The molecule has 1 aliphatic rings. The molecule has 1 aromatic carbocycles. The van der Waals surface area contributed by atoms with Gasteiger partial charge in [-0.25, -0.2) is 13.4 Å². The van der Waals surface area contributed by atoms with Crippen LogP contribution < -0.4 is 10.7 Å². The first-order valence-electron chi connectivity index (χ1n) is 9.96. The van der Waals surface area contributed by atoms with E-state index in [1.165, 1.54) is 22.9 Å². The van der Waals surface area contributed by atoms with E-state index in [-0.39, 0.29) is 33.7 Å². The second-order valence-electron chi connectivity index (χ2n) is 7.64. The highest BCUT2D eigenvalue weighted by atomic mass is 32.2. The van der Waals surface area contributed by atoms with Crippen molar-refractivity contribution >= 4 is 26.8 Å². The highest BCUT2D eigenvalue weighted by Crippen LogP contribution is 2.21. The zero-order valence-corrected chi connectivity index (χ0v) is 17.5. The Balaban J connectivity index is 1.82. The number of pyridine rings is 2. The maximum absolute atomic E-state index is 13.1. The van der Waals surface area contributed by atoms with Crippen molar-refractivity contribution in [1.82, 2.24) is 14.9 Å². The number of aromatic nitrogens is 2. The number of benzene rings is 1. The maximum atomic E-state index is 13.1. The zero-order valence-electron chi connectivity index (χ0n) is 16.7. The van der Waals surface area contributed by atoms with Gasteiger partial charge in [0, 0.05) is 17.9 Å². The highest BCUT2D eigenvalue weighted by Gasteiger charge is 2.25. The molecule has 1 fully saturated rings. The minimum Gasteiger partial charge on any atom is -0.352 e. The molecule has 0 radical (unpaired) electrons. The average Bonchev–Trinajstić information content (AvgIpc) is 3.23. The lowest BCUT2D eigenvalue weighted by molar-refractivity contribution is -0.122. The molecular formula is C22H23N3O4S. The number of carbonyl (C=O) groups is 1. The van der Waals surface area contributed by atoms with Gasteiger partial charge < -0.3 is 9.88 Å². The fraction of sp³-hybridized carbons (Fsp3) is 0.318. The summed E-state index contributed by atoms with van der Waals surface area (Å²) in [6.07, 6.45) is 5.31.